The summed E-state index contributed by atoms with van der Waals surface area (Å²) in [6, 6.07) is 14.0. The highest BCUT2D eigenvalue weighted by atomic mass is 16.6. The van der Waals surface area contributed by atoms with Gasteiger partial charge in [0.25, 0.3) is 11.6 Å². The van der Waals surface area contributed by atoms with Crippen LogP contribution in [0.3, 0.4) is 0 Å². The maximum Gasteiger partial charge on any atom is 0.312 e. The van der Waals surface area contributed by atoms with Crippen molar-refractivity contribution in [2.45, 2.75) is 6.42 Å². The van der Waals surface area contributed by atoms with Crippen LogP contribution >= 0.6 is 0 Å². The Labute approximate surface area is 143 Å². The van der Waals surface area contributed by atoms with Gasteiger partial charge in [-0.1, -0.05) is 18.2 Å². The largest absolute Gasteiger partial charge is 0.484 e. The molecule has 1 N–H and O–H groups in total. The van der Waals surface area contributed by atoms with Crippen molar-refractivity contribution in [1.82, 2.24) is 5.32 Å². The molecule has 1 amide bonds. The number of benzene rings is 2. The number of carbonyl (C=O) groups excluding carboxylic acids is 2. The molecule has 8 heteroatoms. The molecule has 0 bridgehead atoms. The van der Waals surface area contributed by atoms with E-state index in [2.05, 4.69) is 5.32 Å². The van der Waals surface area contributed by atoms with Crippen LogP contribution in [0.1, 0.15) is 6.42 Å². The quantitative estimate of drug-likeness (QED) is 0.340. The molecule has 0 aliphatic carbocycles. The Morgan fingerprint density at radius 3 is 2.32 bits per heavy atom. The number of rotatable bonds is 8. The second-order valence-electron chi connectivity index (χ2n) is 4.93. The zero-order chi connectivity index (χ0) is 18.1. The number of hydrogen-bond acceptors (Lipinski definition) is 6. The number of non-ortho nitro benzene ring substituents is 1. The predicted octanol–water partition coefficient (Wildman–Crippen LogP) is 2.09. The third kappa shape index (κ3) is 6.30. The van der Waals surface area contributed by atoms with Gasteiger partial charge in [-0.2, -0.15) is 0 Å². The van der Waals surface area contributed by atoms with E-state index in [1.807, 2.05) is 6.07 Å². The molecule has 0 aliphatic rings. The second kappa shape index (κ2) is 9.02. The molecule has 2 aromatic rings. The monoisotopic (exact) mass is 344 g/mol. The van der Waals surface area contributed by atoms with Gasteiger partial charge in [0.2, 0.25) is 0 Å². The molecule has 0 unspecified atom stereocenters. The van der Waals surface area contributed by atoms with Crippen molar-refractivity contribution in [3.8, 4) is 11.5 Å². The van der Waals surface area contributed by atoms with Gasteiger partial charge in [0.1, 0.15) is 11.5 Å². The van der Waals surface area contributed by atoms with Crippen LogP contribution in [-0.2, 0) is 9.59 Å². The third-order valence-electron chi connectivity index (χ3n) is 3.04. The zero-order valence-corrected chi connectivity index (χ0v) is 13.2. The summed E-state index contributed by atoms with van der Waals surface area (Å²) in [5.41, 5.74) is -0.0921. The molecule has 8 nitrogen and oxygen atoms in total. The van der Waals surface area contributed by atoms with Gasteiger partial charge in [0, 0.05) is 18.7 Å². The van der Waals surface area contributed by atoms with Crippen LogP contribution in [0.5, 0.6) is 11.5 Å². The molecule has 130 valence electrons. The van der Waals surface area contributed by atoms with E-state index in [-0.39, 0.29) is 36.9 Å². The van der Waals surface area contributed by atoms with Crippen LogP contribution in [0.2, 0.25) is 0 Å². The van der Waals surface area contributed by atoms with E-state index < -0.39 is 10.9 Å². The number of nitrogens with one attached hydrogen (secondary N) is 1. The number of nitro groups is 1. The number of para-hydroxylation sites is 1. The van der Waals surface area contributed by atoms with Crippen LogP contribution in [0.15, 0.2) is 54.6 Å². The number of carbonyl (C=O) groups is 2. The number of ether oxygens (including phenoxy) is 2. The highest BCUT2D eigenvalue weighted by Crippen LogP contribution is 2.17. The summed E-state index contributed by atoms with van der Waals surface area (Å²) < 4.78 is 10.3. The molecule has 0 heterocycles. The fraction of sp³-hybridized carbons (Fsp3) is 0.176. The topological polar surface area (TPSA) is 108 Å². The SMILES string of the molecule is O=C(COc1ccccc1)NCCC(=O)Oc1ccc([N+](=O)[O-])cc1. The molecule has 0 atom stereocenters. The summed E-state index contributed by atoms with van der Waals surface area (Å²) in [5.74, 6) is -0.130. The lowest BCUT2D eigenvalue weighted by Crippen LogP contribution is -2.31. The first-order valence-electron chi connectivity index (χ1n) is 7.44. The number of amides is 1. The van der Waals surface area contributed by atoms with Crippen LogP contribution in [0.25, 0.3) is 0 Å². The summed E-state index contributed by atoms with van der Waals surface area (Å²) in [6.07, 6.45) is -0.0337. The molecule has 0 spiro atoms. The second-order valence-corrected chi connectivity index (χ2v) is 4.93. The smallest absolute Gasteiger partial charge is 0.312 e. The van der Waals surface area contributed by atoms with Crippen molar-refractivity contribution in [2.24, 2.45) is 0 Å². The van der Waals surface area contributed by atoms with Crippen LogP contribution in [0.4, 0.5) is 5.69 Å². The molecule has 0 aliphatic heterocycles. The van der Waals surface area contributed by atoms with Gasteiger partial charge in [0.15, 0.2) is 6.61 Å². The van der Waals surface area contributed by atoms with Crippen molar-refractivity contribution in [3.63, 3.8) is 0 Å². The maximum atomic E-state index is 11.7. The fourth-order valence-electron chi connectivity index (χ4n) is 1.84. The normalized spacial score (nSPS) is 9.92. The zero-order valence-electron chi connectivity index (χ0n) is 13.2. The van der Waals surface area contributed by atoms with E-state index in [1.54, 1.807) is 24.3 Å². The van der Waals surface area contributed by atoms with E-state index in [4.69, 9.17) is 9.47 Å². The molecular formula is C17H16N2O6. The summed E-state index contributed by atoms with van der Waals surface area (Å²) in [6.45, 7) is -0.0514. The molecule has 25 heavy (non-hydrogen) atoms. The molecular weight excluding hydrogens is 328 g/mol. The van der Waals surface area contributed by atoms with Gasteiger partial charge in [0.05, 0.1) is 11.3 Å². The Hall–Kier alpha value is -3.42. The van der Waals surface area contributed by atoms with E-state index in [9.17, 15) is 19.7 Å². The molecule has 0 saturated carbocycles. The Morgan fingerprint density at radius 2 is 1.68 bits per heavy atom. The molecule has 0 saturated heterocycles. The van der Waals surface area contributed by atoms with Crippen molar-refractivity contribution in [3.05, 3.63) is 64.7 Å². The molecule has 0 fully saturated rings. The first-order chi connectivity index (χ1) is 12.0. The Bertz CT molecular complexity index is 731. The van der Waals surface area contributed by atoms with Gasteiger partial charge in [-0.05, 0) is 24.3 Å². The lowest BCUT2D eigenvalue weighted by Gasteiger charge is -2.07. The third-order valence-corrected chi connectivity index (χ3v) is 3.04. The standard InChI is InChI=1S/C17H16N2O6/c20-16(12-24-14-4-2-1-3-5-14)18-11-10-17(21)25-15-8-6-13(7-9-15)19(22)23/h1-9H,10-12H2,(H,18,20). The fourth-order valence-corrected chi connectivity index (χ4v) is 1.84. The first kappa shape index (κ1) is 17.9. The van der Waals surface area contributed by atoms with Gasteiger partial charge in [-0.3, -0.25) is 19.7 Å². The van der Waals surface area contributed by atoms with E-state index in [1.165, 1.54) is 24.3 Å². The predicted molar refractivity (Wildman–Crippen MR) is 88.3 cm³/mol. The van der Waals surface area contributed by atoms with E-state index in [0.29, 0.717) is 5.75 Å². The lowest BCUT2D eigenvalue weighted by atomic mass is 10.3. The van der Waals surface area contributed by atoms with Crippen molar-refractivity contribution in [2.75, 3.05) is 13.2 Å². The highest BCUT2D eigenvalue weighted by molar-refractivity contribution is 5.78. The van der Waals surface area contributed by atoms with Gasteiger partial charge in [-0.25, -0.2) is 0 Å². The number of hydrogen-bond donors (Lipinski definition) is 1. The summed E-state index contributed by atoms with van der Waals surface area (Å²) >= 11 is 0. The Balaban J connectivity index is 1.66. The van der Waals surface area contributed by atoms with E-state index in [0.717, 1.165) is 0 Å². The van der Waals surface area contributed by atoms with Crippen molar-refractivity contribution < 1.29 is 24.0 Å². The molecule has 0 aromatic heterocycles. The highest BCUT2D eigenvalue weighted by Gasteiger charge is 2.09. The summed E-state index contributed by atoms with van der Waals surface area (Å²) in [5, 5.41) is 13.1. The van der Waals surface area contributed by atoms with E-state index >= 15 is 0 Å². The maximum absolute atomic E-state index is 11.7. The minimum atomic E-state index is -0.557. The average molecular weight is 344 g/mol. The lowest BCUT2D eigenvalue weighted by molar-refractivity contribution is -0.384. The minimum absolute atomic E-state index is 0.0337. The summed E-state index contributed by atoms with van der Waals surface area (Å²) in [4.78, 5) is 33.2. The average Bonchev–Trinajstić information content (AvgIpc) is 2.61. The molecule has 0 radical (unpaired) electrons. The molecule has 2 aromatic carbocycles. The van der Waals surface area contributed by atoms with Crippen LogP contribution < -0.4 is 14.8 Å². The van der Waals surface area contributed by atoms with Gasteiger partial charge in [-0.15, -0.1) is 0 Å². The van der Waals surface area contributed by atoms with Crippen molar-refractivity contribution >= 4 is 17.6 Å². The van der Waals surface area contributed by atoms with Gasteiger partial charge < -0.3 is 14.8 Å². The minimum Gasteiger partial charge on any atom is -0.484 e. The number of nitro benzene ring substituents is 1. The first-order valence-corrected chi connectivity index (χ1v) is 7.44. The Kier molecular flexibility index (Phi) is 6.47. The van der Waals surface area contributed by atoms with Crippen LogP contribution in [-0.4, -0.2) is 30.0 Å². The van der Waals surface area contributed by atoms with Crippen LogP contribution in [0, 0.1) is 10.1 Å². The number of esters is 1. The van der Waals surface area contributed by atoms with Gasteiger partial charge >= 0.3 is 5.97 Å². The molecule has 2 rings (SSSR count). The number of nitrogens with zero attached hydrogens (tertiary/aromatic N) is 1. The Morgan fingerprint density at radius 1 is 1.00 bits per heavy atom. The van der Waals surface area contributed by atoms with Crippen molar-refractivity contribution in [1.29, 1.82) is 0 Å². The summed E-state index contributed by atoms with van der Waals surface area (Å²) in [7, 11) is 0.